The molecule has 0 N–H and O–H groups in total. The van der Waals surface area contributed by atoms with Crippen LogP contribution < -0.4 is 0 Å². The second-order valence-electron chi connectivity index (χ2n) is 14.0. The highest BCUT2D eigenvalue weighted by Crippen LogP contribution is 2.51. The predicted octanol–water partition coefficient (Wildman–Crippen LogP) is 12.3. The maximum Gasteiger partial charge on any atom is 0.188 e. The zero-order chi connectivity index (χ0) is 34.4. The minimum absolute atomic E-state index is 0.131. The van der Waals surface area contributed by atoms with E-state index in [0.717, 1.165) is 66.1 Å². The van der Waals surface area contributed by atoms with E-state index in [1.54, 1.807) is 0 Å². The summed E-state index contributed by atoms with van der Waals surface area (Å²) < 4.78 is 4.66. The van der Waals surface area contributed by atoms with E-state index in [1.807, 2.05) is 24.3 Å². The lowest BCUT2D eigenvalue weighted by Gasteiger charge is -2.21. The third-order valence-electron chi connectivity index (χ3n) is 10.9. The molecule has 0 amide bonds. The second kappa shape index (κ2) is 10.6. The number of hydrogen-bond donors (Lipinski definition) is 0. The van der Waals surface area contributed by atoms with Crippen LogP contribution in [0.2, 0.25) is 0 Å². The summed E-state index contributed by atoms with van der Waals surface area (Å²) >= 11 is 0. The molecule has 0 saturated heterocycles. The molecule has 2 heterocycles. The molecule has 1 aliphatic rings. The summed E-state index contributed by atoms with van der Waals surface area (Å²) in [4.78, 5) is 3.80. The van der Waals surface area contributed by atoms with E-state index < -0.39 is 0 Å². The molecule has 4 heteroatoms. The van der Waals surface area contributed by atoms with E-state index in [4.69, 9.17) is 6.57 Å². The van der Waals surface area contributed by atoms with Gasteiger partial charge in [-0.3, -0.25) is 0 Å². The van der Waals surface area contributed by atoms with E-state index in [0.29, 0.717) is 11.3 Å². The first kappa shape index (κ1) is 29.1. The van der Waals surface area contributed by atoms with Gasteiger partial charge in [-0.05, 0) is 112 Å². The summed E-state index contributed by atoms with van der Waals surface area (Å²) in [6, 6.07) is 53.7. The lowest BCUT2D eigenvalue weighted by molar-refractivity contribution is 0.661. The van der Waals surface area contributed by atoms with Gasteiger partial charge in [0.25, 0.3) is 0 Å². The monoisotopic (exact) mass is 650 g/mol. The molecular weight excluding hydrogens is 621 g/mol. The molecule has 4 nitrogen and oxygen atoms in total. The maximum atomic E-state index is 9.62. The zero-order valence-corrected chi connectivity index (χ0v) is 28.1. The molecule has 7 aromatic carbocycles. The lowest BCUT2D eigenvalue weighted by atomic mass is 9.82. The van der Waals surface area contributed by atoms with Gasteiger partial charge in [0.2, 0.25) is 0 Å². The highest BCUT2D eigenvalue weighted by molar-refractivity contribution is 6.13. The molecule has 0 unspecified atom stereocenters. The Morgan fingerprint density at radius 2 is 1.16 bits per heavy atom. The SMILES string of the molecule is [C-]#[N+]c1ccc2c(c1)c1cc3c(cc1n2-c1cccc(-c2cccc(-n4c5ccccc5c5cc(C#N)ccc54)c2)c1)C(C)(C)c1ccccc1-3. The van der Waals surface area contributed by atoms with E-state index in [1.165, 1.54) is 22.3 Å². The number of benzene rings is 7. The van der Waals surface area contributed by atoms with Gasteiger partial charge in [0, 0.05) is 32.9 Å². The summed E-state index contributed by atoms with van der Waals surface area (Å²) in [5, 5.41) is 14.1. The summed E-state index contributed by atoms with van der Waals surface area (Å²) in [7, 11) is 0. The van der Waals surface area contributed by atoms with Crippen LogP contribution >= 0.6 is 0 Å². The van der Waals surface area contributed by atoms with Crippen molar-refractivity contribution in [3.63, 3.8) is 0 Å². The number of hydrogen-bond acceptors (Lipinski definition) is 1. The molecule has 0 atom stereocenters. The van der Waals surface area contributed by atoms with Gasteiger partial charge >= 0.3 is 0 Å². The Balaban J connectivity index is 1.17. The predicted molar refractivity (Wildman–Crippen MR) is 209 cm³/mol. The molecule has 9 aromatic rings. The summed E-state index contributed by atoms with van der Waals surface area (Å²) in [5.41, 5.74) is 15.2. The van der Waals surface area contributed by atoms with Crippen molar-refractivity contribution < 1.29 is 0 Å². The number of rotatable bonds is 3. The van der Waals surface area contributed by atoms with Crippen LogP contribution in [-0.4, -0.2) is 9.13 Å². The first-order valence-electron chi connectivity index (χ1n) is 17.2. The van der Waals surface area contributed by atoms with Crippen molar-refractivity contribution in [3.8, 4) is 39.7 Å². The normalized spacial score (nSPS) is 13.0. The molecule has 10 rings (SSSR count). The molecule has 0 saturated carbocycles. The van der Waals surface area contributed by atoms with Gasteiger partial charge in [0.15, 0.2) is 5.69 Å². The molecule has 0 fully saturated rings. The Labute approximate surface area is 295 Å². The topological polar surface area (TPSA) is 38.0 Å². The smallest absolute Gasteiger partial charge is 0.188 e. The Morgan fingerprint density at radius 1 is 0.529 bits per heavy atom. The fourth-order valence-corrected chi connectivity index (χ4v) is 8.52. The minimum Gasteiger partial charge on any atom is -0.309 e. The number of aromatic nitrogens is 2. The highest BCUT2D eigenvalue weighted by Gasteiger charge is 2.36. The Kier molecular flexibility index (Phi) is 6.02. The van der Waals surface area contributed by atoms with Crippen molar-refractivity contribution >= 4 is 49.3 Å². The van der Waals surface area contributed by atoms with E-state index in [2.05, 4.69) is 155 Å². The Morgan fingerprint density at radius 3 is 1.90 bits per heavy atom. The van der Waals surface area contributed by atoms with Crippen LogP contribution in [0.4, 0.5) is 5.69 Å². The van der Waals surface area contributed by atoms with Crippen LogP contribution in [0.25, 0.3) is 82.1 Å². The van der Waals surface area contributed by atoms with Crippen molar-refractivity contribution in [3.05, 3.63) is 174 Å². The van der Waals surface area contributed by atoms with Crippen molar-refractivity contribution in [2.24, 2.45) is 0 Å². The van der Waals surface area contributed by atoms with Crippen molar-refractivity contribution in [1.29, 1.82) is 5.26 Å². The fraction of sp³-hybridized carbons (Fsp3) is 0.0638. The summed E-state index contributed by atoms with van der Waals surface area (Å²) in [6.45, 7) is 12.4. The van der Waals surface area contributed by atoms with Crippen LogP contribution in [0.1, 0.15) is 30.5 Å². The van der Waals surface area contributed by atoms with Crippen LogP contribution in [0.5, 0.6) is 0 Å². The minimum atomic E-state index is -0.131. The molecular formula is C47H30N4. The van der Waals surface area contributed by atoms with Gasteiger partial charge in [0.1, 0.15) is 0 Å². The first-order valence-corrected chi connectivity index (χ1v) is 17.2. The van der Waals surface area contributed by atoms with Crippen LogP contribution in [0.3, 0.4) is 0 Å². The molecule has 1 aliphatic carbocycles. The van der Waals surface area contributed by atoms with Gasteiger partial charge in [-0.1, -0.05) is 86.6 Å². The molecule has 2 aromatic heterocycles. The van der Waals surface area contributed by atoms with Crippen molar-refractivity contribution in [2.75, 3.05) is 0 Å². The molecule has 0 bridgehead atoms. The largest absolute Gasteiger partial charge is 0.309 e. The third-order valence-corrected chi connectivity index (χ3v) is 10.9. The first-order chi connectivity index (χ1) is 24.9. The van der Waals surface area contributed by atoms with Gasteiger partial charge in [-0.25, -0.2) is 4.85 Å². The average Bonchev–Trinajstić information content (AvgIpc) is 3.76. The van der Waals surface area contributed by atoms with E-state index >= 15 is 0 Å². The number of nitriles is 1. The van der Waals surface area contributed by atoms with Gasteiger partial charge in [0.05, 0.1) is 40.3 Å². The van der Waals surface area contributed by atoms with Crippen molar-refractivity contribution in [1.82, 2.24) is 9.13 Å². The second-order valence-corrected chi connectivity index (χ2v) is 14.0. The number of nitrogens with zero attached hydrogens (tertiary/aromatic N) is 4. The zero-order valence-electron chi connectivity index (χ0n) is 28.1. The molecule has 0 spiro atoms. The highest BCUT2D eigenvalue weighted by atomic mass is 15.0. The molecule has 238 valence electrons. The van der Waals surface area contributed by atoms with Gasteiger partial charge < -0.3 is 9.13 Å². The quantitative estimate of drug-likeness (QED) is 0.175. The summed E-state index contributed by atoms with van der Waals surface area (Å²) in [6.07, 6.45) is 0. The molecule has 51 heavy (non-hydrogen) atoms. The van der Waals surface area contributed by atoms with E-state index in [9.17, 15) is 5.26 Å². The average molecular weight is 651 g/mol. The fourth-order valence-electron chi connectivity index (χ4n) is 8.52. The van der Waals surface area contributed by atoms with Crippen molar-refractivity contribution in [2.45, 2.75) is 19.3 Å². The van der Waals surface area contributed by atoms with Gasteiger partial charge in [-0.2, -0.15) is 5.26 Å². The van der Waals surface area contributed by atoms with E-state index in [-0.39, 0.29) is 5.41 Å². The number of fused-ring (bicyclic) bond motifs is 9. The molecule has 0 radical (unpaired) electrons. The standard InChI is InChI=1S/C47H30N4/c1-47(2)41-16-6-4-14-35(41)37-26-40-39-25-32(49-3)19-21-45(39)51(46(40)27-42(37)47)34-13-9-11-31(24-34)30-10-8-12-33(23-30)50-43-17-7-5-15-36(43)38-22-29(28-48)18-20-44(38)50/h4-27H,1-2H3. The van der Waals surface area contributed by atoms with Crippen LogP contribution in [0.15, 0.2) is 146 Å². The third kappa shape index (κ3) is 4.11. The number of para-hydroxylation sites is 1. The van der Waals surface area contributed by atoms with Crippen LogP contribution in [-0.2, 0) is 5.41 Å². The summed E-state index contributed by atoms with van der Waals surface area (Å²) in [5.74, 6) is 0. The maximum absolute atomic E-state index is 9.62. The molecule has 0 aliphatic heterocycles. The Hall–Kier alpha value is -6.88. The van der Waals surface area contributed by atoms with Crippen LogP contribution in [0, 0.1) is 17.9 Å². The Bertz CT molecular complexity index is 3030. The van der Waals surface area contributed by atoms with Gasteiger partial charge in [-0.15, -0.1) is 0 Å². The lowest BCUT2D eigenvalue weighted by Crippen LogP contribution is -2.14.